The summed E-state index contributed by atoms with van der Waals surface area (Å²) in [5, 5.41) is 0.993. The predicted molar refractivity (Wildman–Crippen MR) is 77.2 cm³/mol. The van der Waals surface area contributed by atoms with E-state index in [1.807, 2.05) is 60.7 Å². The standard InChI is InChI=1S/C17H13NO/c1-12(19)14-7-9-17-15(11-14)8-10-16(18-17)13-5-3-2-4-6-13/h2-11H,1H3. The Morgan fingerprint density at radius 1 is 0.947 bits per heavy atom. The summed E-state index contributed by atoms with van der Waals surface area (Å²) in [5.74, 6) is 0.0778. The van der Waals surface area contributed by atoms with E-state index in [0.717, 1.165) is 27.7 Å². The minimum absolute atomic E-state index is 0.0778. The minimum Gasteiger partial charge on any atom is -0.295 e. The van der Waals surface area contributed by atoms with Gasteiger partial charge < -0.3 is 0 Å². The second kappa shape index (κ2) is 4.65. The molecule has 3 rings (SSSR count). The summed E-state index contributed by atoms with van der Waals surface area (Å²) >= 11 is 0. The van der Waals surface area contributed by atoms with E-state index >= 15 is 0 Å². The zero-order valence-corrected chi connectivity index (χ0v) is 10.6. The maximum absolute atomic E-state index is 11.4. The zero-order chi connectivity index (χ0) is 13.2. The van der Waals surface area contributed by atoms with Gasteiger partial charge in [0.25, 0.3) is 0 Å². The molecule has 0 aliphatic heterocycles. The van der Waals surface area contributed by atoms with E-state index in [9.17, 15) is 4.79 Å². The summed E-state index contributed by atoms with van der Waals surface area (Å²) in [6, 6.07) is 19.7. The highest BCUT2D eigenvalue weighted by Gasteiger charge is 2.04. The number of Topliss-reactive ketones (excluding diaryl/α,β-unsaturated/α-hetero) is 1. The molecule has 1 heterocycles. The highest BCUT2D eigenvalue weighted by Crippen LogP contribution is 2.21. The van der Waals surface area contributed by atoms with Gasteiger partial charge in [0.15, 0.2) is 5.78 Å². The number of nitrogens with zero attached hydrogens (tertiary/aromatic N) is 1. The molecule has 0 fully saturated rings. The van der Waals surface area contributed by atoms with Crippen molar-refractivity contribution in [2.75, 3.05) is 0 Å². The topological polar surface area (TPSA) is 30.0 Å². The number of hydrogen-bond donors (Lipinski definition) is 0. The second-order valence-electron chi connectivity index (χ2n) is 4.53. The Labute approximate surface area is 111 Å². The van der Waals surface area contributed by atoms with Gasteiger partial charge in [0.2, 0.25) is 0 Å². The fourth-order valence-corrected chi connectivity index (χ4v) is 2.11. The molecule has 0 aliphatic rings. The number of benzene rings is 2. The molecule has 0 spiro atoms. The van der Waals surface area contributed by atoms with Crippen molar-refractivity contribution < 1.29 is 4.79 Å². The van der Waals surface area contributed by atoms with E-state index in [2.05, 4.69) is 4.98 Å². The van der Waals surface area contributed by atoms with Crippen molar-refractivity contribution in [2.45, 2.75) is 6.92 Å². The summed E-state index contributed by atoms with van der Waals surface area (Å²) in [6.45, 7) is 1.58. The maximum atomic E-state index is 11.4. The summed E-state index contributed by atoms with van der Waals surface area (Å²) < 4.78 is 0. The molecule has 19 heavy (non-hydrogen) atoms. The van der Waals surface area contributed by atoms with Crippen LogP contribution in [0.5, 0.6) is 0 Å². The third-order valence-electron chi connectivity index (χ3n) is 3.17. The number of rotatable bonds is 2. The molecule has 0 bridgehead atoms. The Kier molecular flexibility index (Phi) is 2.84. The van der Waals surface area contributed by atoms with E-state index in [-0.39, 0.29) is 5.78 Å². The van der Waals surface area contributed by atoms with Gasteiger partial charge in [-0.2, -0.15) is 0 Å². The molecule has 0 amide bonds. The lowest BCUT2D eigenvalue weighted by molar-refractivity contribution is 0.101. The first kappa shape index (κ1) is 11.6. The van der Waals surface area contributed by atoms with Crippen molar-refractivity contribution in [1.29, 1.82) is 0 Å². The highest BCUT2D eigenvalue weighted by atomic mass is 16.1. The first-order chi connectivity index (χ1) is 9.24. The molecule has 0 N–H and O–H groups in total. The number of hydrogen-bond acceptors (Lipinski definition) is 2. The van der Waals surface area contributed by atoms with E-state index in [1.54, 1.807) is 6.92 Å². The molecule has 0 radical (unpaired) electrons. The van der Waals surface area contributed by atoms with E-state index in [4.69, 9.17) is 0 Å². The Bertz CT molecular complexity index is 748. The quantitative estimate of drug-likeness (QED) is 0.638. The number of carbonyl (C=O) groups excluding carboxylic acids is 1. The molecule has 92 valence electrons. The molecule has 3 aromatic rings. The Balaban J connectivity index is 2.12. The first-order valence-electron chi connectivity index (χ1n) is 6.21. The van der Waals surface area contributed by atoms with Crippen LogP contribution in [0.15, 0.2) is 60.7 Å². The predicted octanol–water partition coefficient (Wildman–Crippen LogP) is 4.10. The SMILES string of the molecule is CC(=O)c1ccc2nc(-c3ccccc3)ccc2c1. The van der Waals surface area contributed by atoms with Crippen LogP contribution in [0.1, 0.15) is 17.3 Å². The smallest absolute Gasteiger partial charge is 0.159 e. The average Bonchev–Trinajstić information content (AvgIpc) is 2.47. The van der Waals surface area contributed by atoms with E-state index in [0.29, 0.717) is 0 Å². The van der Waals surface area contributed by atoms with Gasteiger partial charge in [0, 0.05) is 16.5 Å². The summed E-state index contributed by atoms with van der Waals surface area (Å²) in [5.41, 5.74) is 3.68. The molecule has 2 nitrogen and oxygen atoms in total. The summed E-state index contributed by atoms with van der Waals surface area (Å²) in [7, 11) is 0. The van der Waals surface area contributed by atoms with Crippen LogP contribution in [-0.2, 0) is 0 Å². The van der Waals surface area contributed by atoms with Crippen LogP contribution in [0.2, 0.25) is 0 Å². The van der Waals surface area contributed by atoms with Crippen molar-refractivity contribution >= 4 is 16.7 Å². The van der Waals surface area contributed by atoms with Gasteiger partial charge in [-0.05, 0) is 31.2 Å². The monoisotopic (exact) mass is 247 g/mol. The van der Waals surface area contributed by atoms with Gasteiger partial charge in [0.1, 0.15) is 0 Å². The van der Waals surface area contributed by atoms with Crippen molar-refractivity contribution in [3.63, 3.8) is 0 Å². The Morgan fingerprint density at radius 3 is 2.47 bits per heavy atom. The molecular weight excluding hydrogens is 234 g/mol. The molecule has 0 saturated heterocycles. The molecule has 2 aromatic carbocycles. The van der Waals surface area contributed by atoms with Gasteiger partial charge in [-0.3, -0.25) is 4.79 Å². The molecule has 0 saturated carbocycles. The van der Waals surface area contributed by atoms with E-state index in [1.165, 1.54) is 0 Å². The fourth-order valence-electron chi connectivity index (χ4n) is 2.11. The lowest BCUT2D eigenvalue weighted by Gasteiger charge is -2.04. The second-order valence-corrected chi connectivity index (χ2v) is 4.53. The van der Waals surface area contributed by atoms with Crippen LogP contribution >= 0.6 is 0 Å². The van der Waals surface area contributed by atoms with Crippen molar-refractivity contribution in [1.82, 2.24) is 4.98 Å². The van der Waals surface area contributed by atoms with Crippen LogP contribution in [0, 0.1) is 0 Å². The molecule has 0 atom stereocenters. The van der Waals surface area contributed by atoms with Crippen molar-refractivity contribution in [3.8, 4) is 11.3 Å². The van der Waals surface area contributed by atoms with Crippen LogP contribution in [0.25, 0.3) is 22.2 Å². The lowest BCUT2D eigenvalue weighted by atomic mass is 10.1. The van der Waals surface area contributed by atoms with Crippen LogP contribution in [0.3, 0.4) is 0 Å². The zero-order valence-electron chi connectivity index (χ0n) is 10.6. The van der Waals surface area contributed by atoms with Crippen LogP contribution in [-0.4, -0.2) is 10.8 Å². The van der Waals surface area contributed by atoms with Gasteiger partial charge in [0.05, 0.1) is 11.2 Å². The number of aromatic nitrogens is 1. The molecule has 1 aromatic heterocycles. The highest BCUT2D eigenvalue weighted by molar-refractivity contribution is 5.98. The summed E-state index contributed by atoms with van der Waals surface area (Å²) in [4.78, 5) is 16.0. The van der Waals surface area contributed by atoms with E-state index < -0.39 is 0 Å². The largest absolute Gasteiger partial charge is 0.295 e. The van der Waals surface area contributed by atoms with Crippen molar-refractivity contribution in [2.24, 2.45) is 0 Å². The fraction of sp³-hybridized carbons (Fsp3) is 0.0588. The number of fused-ring (bicyclic) bond motifs is 1. The van der Waals surface area contributed by atoms with Gasteiger partial charge >= 0.3 is 0 Å². The molecule has 0 aliphatic carbocycles. The van der Waals surface area contributed by atoms with Gasteiger partial charge in [-0.1, -0.05) is 36.4 Å². The maximum Gasteiger partial charge on any atom is 0.159 e. The normalized spacial score (nSPS) is 10.6. The molecule has 2 heteroatoms. The Hall–Kier alpha value is -2.48. The number of carbonyl (C=O) groups is 1. The van der Waals surface area contributed by atoms with Crippen LogP contribution in [0.4, 0.5) is 0 Å². The third-order valence-corrected chi connectivity index (χ3v) is 3.17. The lowest BCUT2D eigenvalue weighted by Crippen LogP contribution is -1.92. The number of ketones is 1. The van der Waals surface area contributed by atoms with Gasteiger partial charge in [-0.15, -0.1) is 0 Å². The molecular formula is C17H13NO. The third kappa shape index (κ3) is 2.25. The minimum atomic E-state index is 0.0778. The van der Waals surface area contributed by atoms with Crippen molar-refractivity contribution in [3.05, 3.63) is 66.2 Å². The van der Waals surface area contributed by atoms with Crippen LogP contribution < -0.4 is 0 Å². The first-order valence-corrected chi connectivity index (χ1v) is 6.21. The number of pyridine rings is 1. The van der Waals surface area contributed by atoms with Gasteiger partial charge in [-0.25, -0.2) is 4.98 Å². The Morgan fingerprint density at radius 2 is 1.74 bits per heavy atom. The average molecular weight is 247 g/mol. The molecule has 0 unspecified atom stereocenters. The summed E-state index contributed by atoms with van der Waals surface area (Å²) in [6.07, 6.45) is 0.